The largest absolute Gasteiger partial charge is 0.350 e. The number of amidine groups is 1. The Labute approximate surface area is 129 Å². The molecule has 2 heterocycles. The number of hydrogen-bond acceptors (Lipinski definition) is 3. The number of aliphatic imine (C=N–C) groups is 1. The number of fused-ring (bicyclic) bond motifs is 1. The van der Waals surface area contributed by atoms with E-state index in [0.29, 0.717) is 6.42 Å². The molecule has 2 aliphatic heterocycles. The monoisotopic (exact) mass is 307 g/mol. The molecule has 0 bridgehead atoms. The van der Waals surface area contributed by atoms with Gasteiger partial charge in [-0.3, -0.25) is 0 Å². The van der Waals surface area contributed by atoms with E-state index >= 15 is 0 Å². The van der Waals surface area contributed by atoms with Crippen molar-refractivity contribution >= 4 is 17.4 Å². The number of hydrogen-bond donors (Lipinski definition) is 0. The lowest BCUT2D eigenvalue weighted by Crippen LogP contribution is -2.42. The third kappa shape index (κ3) is 2.42. The maximum atomic E-state index is 13.9. The molecule has 3 rings (SSSR count). The summed E-state index contributed by atoms with van der Waals surface area (Å²) in [4.78, 5) is 8.67. The Kier molecular flexibility index (Phi) is 3.66. The molecular weight excluding hydrogens is 289 g/mol. The molecule has 0 fully saturated rings. The Morgan fingerprint density at radius 3 is 2.86 bits per heavy atom. The van der Waals surface area contributed by atoms with Gasteiger partial charge in [-0.1, -0.05) is 23.7 Å². The first-order chi connectivity index (χ1) is 9.99. The second kappa shape index (κ2) is 5.34. The zero-order valence-corrected chi connectivity index (χ0v) is 13.2. The molecule has 0 amide bonds. The molecule has 0 radical (unpaired) electrons. The normalized spacial score (nSPS) is 25.4. The van der Waals surface area contributed by atoms with Crippen LogP contribution in [0.1, 0.15) is 31.0 Å². The number of nitrogens with zero attached hydrogens (tertiary/aromatic N) is 3. The van der Waals surface area contributed by atoms with Gasteiger partial charge in [0.2, 0.25) is 0 Å². The van der Waals surface area contributed by atoms with Crippen molar-refractivity contribution in [2.75, 3.05) is 13.6 Å². The van der Waals surface area contributed by atoms with Gasteiger partial charge in [-0.2, -0.15) is 0 Å². The van der Waals surface area contributed by atoms with E-state index in [4.69, 9.17) is 11.6 Å². The molecule has 112 valence electrons. The number of halogens is 2. The smallest absolute Gasteiger partial charge is 0.199 e. The van der Waals surface area contributed by atoms with Gasteiger partial charge in [0.05, 0.1) is 6.04 Å². The molecule has 0 aromatic heterocycles. The van der Waals surface area contributed by atoms with Gasteiger partial charge >= 0.3 is 0 Å². The zero-order valence-electron chi connectivity index (χ0n) is 12.5. The first-order valence-corrected chi connectivity index (χ1v) is 7.59. The molecule has 1 aromatic carbocycles. The predicted molar refractivity (Wildman–Crippen MR) is 83.8 cm³/mol. The molecule has 0 saturated carbocycles. The molecule has 0 saturated heterocycles. The summed E-state index contributed by atoms with van der Waals surface area (Å²) in [7, 11) is 1.92. The highest BCUT2D eigenvalue weighted by molar-refractivity contribution is 6.21. The zero-order chi connectivity index (χ0) is 15.1. The van der Waals surface area contributed by atoms with E-state index in [2.05, 4.69) is 16.8 Å². The Bertz CT molecular complexity index is 626. The van der Waals surface area contributed by atoms with Crippen LogP contribution in [0.3, 0.4) is 0 Å². The summed E-state index contributed by atoms with van der Waals surface area (Å²) >= 11 is 6.26. The minimum atomic E-state index is -0.383. The van der Waals surface area contributed by atoms with Gasteiger partial charge in [-0.25, -0.2) is 9.38 Å². The molecule has 0 N–H and O–H groups in total. The van der Waals surface area contributed by atoms with Gasteiger partial charge < -0.3 is 9.80 Å². The first kappa shape index (κ1) is 14.4. The van der Waals surface area contributed by atoms with Gasteiger partial charge in [0.1, 0.15) is 11.7 Å². The third-order valence-corrected chi connectivity index (χ3v) is 4.81. The Morgan fingerprint density at radius 1 is 1.38 bits per heavy atom. The molecule has 5 heteroatoms. The van der Waals surface area contributed by atoms with Crippen molar-refractivity contribution in [1.82, 2.24) is 9.80 Å². The second-order valence-corrected chi connectivity index (χ2v) is 6.01. The highest BCUT2D eigenvalue weighted by Gasteiger charge is 2.29. The third-order valence-electron chi connectivity index (χ3n) is 4.42. The van der Waals surface area contributed by atoms with Crippen LogP contribution in [0.15, 0.2) is 35.0 Å². The van der Waals surface area contributed by atoms with Crippen molar-refractivity contribution in [3.8, 4) is 0 Å². The van der Waals surface area contributed by atoms with Gasteiger partial charge in [0.15, 0.2) is 5.62 Å². The van der Waals surface area contributed by atoms with Crippen LogP contribution in [0.4, 0.5) is 4.39 Å². The van der Waals surface area contributed by atoms with Gasteiger partial charge in [0.25, 0.3) is 0 Å². The van der Waals surface area contributed by atoms with Crippen LogP contribution in [0.25, 0.3) is 0 Å². The van der Waals surface area contributed by atoms with E-state index in [-0.39, 0.29) is 17.5 Å². The molecule has 0 aliphatic carbocycles. The predicted octanol–water partition coefficient (Wildman–Crippen LogP) is 3.51. The highest BCUT2D eigenvalue weighted by Crippen LogP contribution is 2.32. The summed E-state index contributed by atoms with van der Waals surface area (Å²) in [5.41, 5.74) is 2.57. The molecule has 2 atom stereocenters. The lowest BCUT2D eigenvalue weighted by molar-refractivity contribution is 0.303. The molecular formula is C16H19ClFN3. The molecule has 3 nitrogen and oxygen atoms in total. The van der Waals surface area contributed by atoms with Crippen LogP contribution in [-0.4, -0.2) is 34.9 Å². The fourth-order valence-corrected chi connectivity index (χ4v) is 3.24. The summed E-state index contributed by atoms with van der Waals surface area (Å²) in [5, 5.41) is 0. The number of benzene rings is 1. The number of rotatable bonds is 0. The second-order valence-electron chi connectivity index (χ2n) is 5.62. The summed E-state index contributed by atoms with van der Waals surface area (Å²) in [6, 6.07) is 5.41. The Hall–Kier alpha value is -1.55. The van der Waals surface area contributed by atoms with E-state index in [9.17, 15) is 4.39 Å². The van der Waals surface area contributed by atoms with Crippen LogP contribution in [0.2, 0.25) is 0 Å². The number of alkyl halides is 1. The highest BCUT2D eigenvalue weighted by atomic mass is 35.5. The molecule has 2 aliphatic rings. The molecule has 2 unspecified atom stereocenters. The maximum absolute atomic E-state index is 13.9. The van der Waals surface area contributed by atoms with Gasteiger partial charge in [0, 0.05) is 19.3 Å². The van der Waals surface area contributed by atoms with Crippen molar-refractivity contribution in [3.05, 3.63) is 46.9 Å². The summed E-state index contributed by atoms with van der Waals surface area (Å²) in [5.74, 6) is 0.777. The molecule has 1 aromatic rings. The Morgan fingerprint density at radius 2 is 2.14 bits per heavy atom. The van der Waals surface area contributed by atoms with Crippen LogP contribution >= 0.6 is 11.6 Å². The SMILES string of the molecule is CC1=CC(N2CCc3c(F)cccc3C2C)=NC(Cl)N1C. The van der Waals surface area contributed by atoms with E-state index < -0.39 is 0 Å². The van der Waals surface area contributed by atoms with Crippen molar-refractivity contribution in [1.29, 1.82) is 0 Å². The van der Waals surface area contributed by atoms with Crippen LogP contribution in [-0.2, 0) is 6.42 Å². The standard InChI is InChI=1S/C16H19ClFN3/c1-10-9-15(19-16(17)20(10)3)21-8-7-13-12(11(21)2)5-4-6-14(13)18/h4-6,9,11,16H,7-8H2,1-3H3. The maximum Gasteiger partial charge on any atom is 0.199 e. The fraction of sp³-hybridized carbons (Fsp3) is 0.438. The van der Waals surface area contributed by atoms with Crippen molar-refractivity contribution < 1.29 is 4.39 Å². The summed E-state index contributed by atoms with van der Waals surface area (Å²) in [6.45, 7) is 4.86. The van der Waals surface area contributed by atoms with E-state index in [1.807, 2.05) is 31.0 Å². The summed E-state index contributed by atoms with van der Waals surface area (Å²) < 4.78 is 13.9. The van der Waals surface area contributed by atoms with Crippen LogP contribution in [0.5, 0.6) is 0 Å². The van der Waals surface area contributed by atoms with E-state index in [0.717, 1.165) is 29.2 Å². The average Bonchev–Trinajstić information content (AvgIpc) is 2.45. The van der Waals surface area contributed by atoms with Gasteiger partial charge in [-0.15, -0.1) is 0 Å². The van der Waals surface area contributed by atoms with Crippen LogP contribution < -0.4 is 0 Å². The van der Waals surface area contributed by atoms with Crippen LogP contribution in [0, 0.1) is 5.82 Å². The van der Waals surface area contributed by atoms with Crippen molar-refractivity contribution in [3.63, 3.8) is 0 Å². The average molecular weight is 308 g/mol. The topological polar surface area (TPSA) is 18.8 Å². The quantitative estimate of drug-likeness (QED) is 0.539. The summed E-state index contributed by atoms with van der Waals surface area (Å²) in [6.07, 6.45) is 2.74. The Balaban J connectivity index is 1.94. The first-order valence-electron chi connectivity index (χ1n) is 7.16. The van der Waals surface area contributed by atoms with Crippen molar-refractivity contribution in [2.24, 2.45) is 4.99 Å². The van der Waals surface area contributed by atoms with E-state index in [1.165, 1.54) is 6.07 Å². The lowest BCUT2D eigenvalue weighted by atomic mass is 9.93. The van der Waals surface area contributed by atoms with Crippen molar-refractivity contribution in [2.45, 2.75) is 31.9 Å². The minimum Gasteiger partial charge on any atom is -0.350 e. The lowest BCUT2D eigenvalue weighted by Gasteiger charge is -2.39. The molecule has 21 heavy (non-hydrogen) atoms. The van der Waals surface area contributed by atoms with E-state index in [1.54, 1.807) is 6.07 Å². The minimum absolute atomic E-state index is 0.0968. The number of allylic oxidation sites excluding steroid dienone is 1. The molecule has 0 spiro atoms. The fourth-order valence-electron chi connectivity index (χ4n) is 2.98. The van der Waals surface area contributed by atoms with Gasteiger partial charge in [-0.05, 0) is 43.5 Å².